The zero-order valence-electron chi connectivity index (χ0n) is 9.73. The zero-order chi connectivity index (χ0) is 13.1. The van der Waals surface area contributed by atoms with Crippen molar-refractivity contribution in [3.05, 3.63) is 34.9 Å². The van der Waals surface area contributed by atoms with Crippen molar-refractivity contribution in [2.75, 3.05) is 0 Å². The molecule has 2 rings (SSSR count). The fraction of sp³-hybridized carbons (Fsp3) is 0.385. The van der Waals surface area contributed by atoms with Crippen molar-refractivity contribution in [1.82, 2.24) is 5.32 Å². The maximum atomic E-state index is 11.9. The third-order valence-corrected chi connectivity index (χ3v) is 3.51. The van der Waals surface area contributed by atoms with Crippen molar-refractivity contribution in [2.45, 2.75) is 25.3 Å². The Morgan fingerprint density at radius 1 is 1.22 bits per heavy atom. The van der Waals surface area contributed by atoms with Gasteiger partial charge in [0.2, 0.25) is 0 Å². The van der Waals surface area contributed by atoms with Gasteiger partial charge in [0, 0.05) is 16.6 Å². The number of rotatable bonds is 3. The Bertz CT molecular complexity index is 458. The number of amides is 1. The van der Waals surface area contributed by atoms with Gasteiger partial charge in [0.25, 0.3) is 5.91 Å². The summed E-state index contributed by atoms with van der Waals surface area (Å²) in [6.45, 7) is 0. The minimum Gasteiger partial charge on any atom is -0.481 e. The molecule has 0 heterocycles. The first-order valence-corrected chi connectivity index (χ1v) is 6.25. The number of carbonyl (C=O) groups is 2. The molecule has 0 radical (unpaired) electrons. The largest absolute Gasteiger partial charge is 0.481 e. The smallest absolute Gasteiger partial charge is 0.308 e. The fourth-order valence-electron chi connectivity index (χ4n) is 2.28. The van der Waals surface area contributed by atoms with E-state index in [1.54, 1.807) is 24.3 Å². The first-order chi connectivity index (χ1) is 8.58. The Morgan fingerprint density at radius 3 is 2.50 bits per heavy atom. The molecule has 0 bridgehead atoms. The van der Waals surface area contributed by atoms with E-state index in [0.29, 0.717) is 17.0 Å². The van der Waals surface area contributed by atoms with Gasteiger partial charge in [0.1, 0.15) is 0 Å². The zero-order valence-corrected chi connectivity index (χ0v) is 10.5. The SMILES string of the molecule is O=C(N[C@H]1CCC[C@H]1C(=O)O)c1ccc(Cl)cc1. The molecular weight excluding hydrogens is 254 g/mol. The summed E-state index contributed by atoms with van der Waals surface area (Å²) in [4.78, 5) is 22.9. The first-order valence-electron chi connectivity index (χ1n) is 5.87. The van der Waals surface area contributed by atoms with Crippen LogP contribution in [0.1, 0.15) is 29.6 Å². The molecule has 0 saturated heterocycles. The number of hydrogen-bond donors (Lipinski definition) is 2. The minimum absolute atomic E-state index is 0.246. The standard InChI is InChI=1S/C13H14ClNO3/c14-9-6-4-8(5-7-9)12(16)15-11-3-1-2-10(11)13(17)18/h4-7,10-11H,1-3H2,(H,15,16)(H,17,18)/t10-,11+/m1/s1. The lowest BCUT2D eigenvalue weighted by molar-refractivity contribution is -0.142. The van der Waals surface area contributed by atoms with Crippen LogP contribution in [0.4, 0.5) is 0 Å². The van der Waals surface area contributed by atoms with E-state index in [0.717, 1.165) is 12.8 Å². The molecule has 2 atom stereocenters. The molecule has 0 spiro atoms. The molecule has 1 aromatic rings. The van der Waals surface area contributed by atoms with Gasteiger partial charge in [-0.25, -0.2) is 0 Å². The second-order valence-electron chi connectivity index (χ2n) is 4.46. The van der Waals surface area contributed by atoms with Gasteiger partial charge in [-0.2, -0.15) is 0 Å². The predicted molar refractivity (Wildman–Crippen MR) is 67.7 cm³/mol. The van der Waals surface area contributed by atoms with Crippen LogP contribution in [0.3, 0.4) is 0 Å². The highest BCUT2D eigenvalue weighted by Crippen LogP contribution is 2.26. The monoisotopic (exact) mass is 267 g/mol. The lowest BCUT2D eigenvalue weighted by Gasteiger charge is -2.17. The Balaban J connectivity index is 2.03. The summed E-state index contributed by atoms with van der Waals surface area (Å²) < 4.78 is 0. The minimum atomic E-state index is -0.839. The molecular formula is C13H14ClNO3. The van der Waals surface area contributed by atoms with E-state index >= 15 is 0 Å². The van der Waals surface area contributed by atoms with E-state index in [-0.39, 0.29) is 11.9 Å². The Morgan fingerprint density at radius 2 is 1.89 bits per heavy atom. The molecule has 18 heavy (non-hydrogen) atoms. The fourth-order valence-corrected chi connectivity index (χ4v) is 2.41. The highest BCUT2D eigenvalue weighted by atomic mass is 35.5. The van der Waals surface area contributed by atoms with Crippen molar-refractivity contribution in [2.24, 2.45) is 5.92 Å². The van der Waals surface area contributed by atoms with Gasteiger partial charge < -0.3 is 10.4 Å². The molecule has 1 aliphatic carbocycles. The van der Waals surface area contributed by atoms with Crippen LogP contribution in [0.25, 0.3) is 0 Å². The van der Waals surface area contributed by atoms with Crippen molar-refractivity contribution < 1.29 is 14.7 Å². The number of carboxylic acids is 1. The summed E-state index contributed by atoms with van der Waals surface area (Å²) in [6.07, 6.45) is 2.18. The number of halogens is 1. The van der Waals surface area contributed by atoms with Crippen LogP contribution in [0.5, 0.6) is 0 Å². The summed E-state index contributed by atoms with van der Waals surface area (Å²) in [5.41, 5.74) is 0.496. The number of aliphatic carboxylic acids is 1. The summed E-state index contributed by atoms with van der Waals surface area (Å²) in [5, 5.41) is 12.4. The number of benzene rings is 1. The van der Waals surface area contributed by atoms with E-state index < -0.39 is 11.9 Å². The lowest BCUT2D eigenvalue weighted by Crippen LogP contribution is -2.40. The van der Waals surface area contributed by atoms with Crippen LogP contribution < -0.4 is 5.32 Å². The summed E-state index contributed by atoms with van der Waals surface area (Å²) in [7, 11) is 0. The van der Waals surface area contributed by atoms with Crippen molar-refractivity contribution >= 4 is 23.5 Å². The molecule has 0 aliphatic heterocycles. The van der Waals surface area contributed by atoms with E-state index in [1.165, 1.54) is 0 Å². The molecule has 4 nitrogen and oxygen atoms in total. The van der Waals surface area contributed by atoms with Crippen LogP contribution in [0.15, 0.2) is 24.3 Å². The van der Waals surface area contributed by atoms with E-state index in [1.807, 2.05) is 0 Å². The van der Waals surface area contributed by atoms with Gasteiger partial charge in [-0.15, -0.1) is 0 Å². The van der Waals surface area contributed by atoms with Crippen LogP contribution >= 0.6 is 11.6 Å². The van der Waals surface area contributed by atoms with Crippen LogP contribution in [0, 0.1) is 5.92 Å². The second kappa shape index (κ2) is 5.40. The topological polar surface area (TPSA) is 66.4 Å². The Kier molecular flexibility index (Phi) is 3.87. The second-order valence-corrected chi connectivity index (χ2v) is 4.90. The average Bonchev–Trinajstić information content (AvgIpc) is 2.78. The number of carbonyl (C=O) groups excluding carboxylic acids is 1. The lowest BCUT2D eigenvalue weighted by atomic mass is 10.0. The van der Waals surface area contributed by atoms with Crippen LogP contribution in [-0.4, -0.2) is 23.0 Å². The molecule has 5 heteroatoms. The van der Waals surface area contributed by atoms with E-state index in [4.69, 9.17) is 16.7 Å². The van der Waals surface area contributed by atoms with Crippen molar-refractivity contribution in [3.8, 4) is 0 Å². The molecule has 1 amide bonds. The summed E-state index contributed by atoms with van der Waals surface area (Å²) in [5.74, 6) is -1.56. The number of carboxylic acid groups (broad SMARTS) is 1. The third-order valence-electron chi connectivity index (χ3n) is 3.26. The molecule has 0 aromatic heterocycles. The van der Waals surface area contributed by atoms with Gasteiger partial charge in [-0.3, -0.25) is 9.59 Å². The van der Waals surface area contributed by atoms with Crippen molar-refractivity contribution in [3.63, 3.8) is 0 Å². The van der Waals surface area contributed by atoms with E-state index in [9.17, 15) is 9.59 Å². The van der Waals surface area contributed by atoms with Gasteiger partial charge >= 0.3 is 5.97 Å². The normalized spacial score (nSPS) is 22.7. The molecule has 2 N–H and O–H groups in total. The number of nitrogens with one attached hydrogen (secondary N) is 1. The van der Waals surface area contributed by atoms with Gasteiger partial charge in [0.05, 0.1) is 5.92 Å². The molecule has 1 aromatic carbocycles. The molecule has 1 fully saturated rings. The maximum Gasteiger partial charge on any atom is 0.308 e. The predicted octanol–water partition coefficient (Wildman–Crippen LogP) is 2.32. The average molecular weight is 268 g/mol. The molecule has 96 valence electrons. The van der Waals surface area contributed by atoms with Gasteiger partial charge in [0.15, 0.2) is 0 Å². The number of hydrogen-bond acceptors (Lipinski definition) is 2. The highest BCUT2D eigenvalue weighted by molar-refractivity contribution is 6.30. The summed E-state index contributed by atoms with van der Waals surface area (Å²) >= 11 is 5.74. The summed E-state index contributed by atoms with van der Waals surface area (Å²) in [6, 6.07) is 6.26. The quantitative estimate of drug-likeness (QED) is 0.883. The Hall–Kier alpha value is -1.55. The maximum absolute atomic E-state index is 11.9. The third kappa shape index (κ3) is 2.82. The van der Waals surface area contributed by atoms with E-state index in [2.05, 4.69) is 5.32 Å². The van der Waals surface area contributed by atoms with Crippen LogP contribution in [0.2, 0.25) is 5.02 Å². The van der Waals surface area contributed by atoms with Gasteiger partial charge in [-0.1, -0.05) is 18.0 Å². The molecule has 1 saturated carbocycles. The highest BCUT2D eigenvalue weighted by Gasteiger charge is 2.33. The first kappa shape index (κ1) is 12.9. The molecule has 1 aliphatic rings. The molecule has 0 unspecified atom stereocenters. The van der Waals surface area contributed by atoms with Crippen LogP contribution in [-0.2, 0) is 4.79 Å². The van der Waals surface area contributed by atoms with Gasteiger partial charge in [-0.05, 0) is 37.1 Å². The van der Waals surface area contributed by atoms with Crippen molar-refractivity contribution in [1.29, 1.82) is 0 Å². The Labute approximate surface area is 110 Å².